The first-order valence-corrected chi connectivity index (χ1v) is 6.87. The molecular weight excluding hydrogens is 272 g/mol. The minimum Gasteiger partial charge on any atom is -0.459 e. The number of amides is 2. The van der Waals surface area contributed by atoms with Crippen LogP contribution >= 0.6 is 0 Å². The van der Waals surface area contributed by atoms with Crippen LogP contribution in [-0.2, 0) is 0 Å². The number of piperidine rings is 1. The maximum absolute atomic E-state index is 12.2. The molecule has 0 bridgehead atoms. The molecule has 21 heavy (non-hydrogen) atoms. The number of rotatable bonds is 3. The summed E-state index contributed by atoms with van der Waals surface area (Å²) in [5.74, 6) is 0.596. The lowest BCUT2D eigenvalue weighted by Crippen LogP contribution is -2.43. The third kappa shape index (κ3) is 1.94. The lowest BCUT2D eigenvalue weighted by Gasteiger charge is -2.20. The molecular formula is C15H14N2O4. The molecule has 0 unspecified atom stereocenters. The van der Waals surface area contributed by atoms with Gasteiger partial charge in [-0.3, -0.25) is 9.59 Å². The van der Waals surface area contributed by atoms with Gasteiger partial charge in [0.2, 0.25) is 0 Å². The minimum atomic E-state index is -0.299. The van der Waals surface area contributed by atoms with E-state index in [1.165, 1.54) is 12.5 Å². The van der Waals surface area contributed by atoms with Gasteiger partial charge in [0.1, 0.15) is 0 Å². The van der Waals surface area contributed by atoms with Crippen molar-refractivity contribution in [2.24, 2.45) is 5.92 Å². The quantitative estimate of drug-likeness (QED) is 0.928. The van der Waals surface area contributed by atoms with Crippen molar-refractivity contribution in [1.82, 2.24) is 10.2 Å². The van der Waals surface area contributed by atoms with Gasteiger partial charge in [0, 0.05) is 19.0 Å². The smallest absolute Gasteiger partial charge is 0.289 e. The Balaban J connectivity index is 1.45. The van der Waals surface area contributed by atoms with Gasteiger partial charge in [0.25, 0.3) is 11.8 Å². The standard InChI is InChI=1S/C15H14N2O4/c18-13(11-3-1-5-20-11)16-15-7-10(15)8-17(9-15)14(19)12-4-2-6-21-12/h1-6,10H,7-9H2,(H,16,18)/t10-,15-/m0/s1. The molecule has 4 rings (SSSR count). The number of hydrogen-bond donors (Lipinski definition) is 1. The van der Waals surface area contributed by atoms with Crippen molar-refractivity contribution < 1.29 is 18.4 Å². The zero-order chi connectivity index (χ0) is 14.4. The summed E-state index contributed by atoms with van der Waals surface area (Å²) >= 11 is 0. The van der Waals surface area contributed by atoms with Crippen LogP contribution in [0.1, 0.15) is 27.5 Å². The number of carbonyl (C=O) groups is 2. The number of likely N-dealkylation sites (tertiary alicyclic amines) is 1. The highest BCUT2D eigenvalue weighted by atomic mass is 16.3. The highest BCUT2D eigenvalue weighted by molar-refractivity contribution is 5.94. The average molecular weight is 286 g/mol. The van der Waals surface area contributed by atoms with Crippen molar-refractivity contribution in [1.29, 1.82) is 0 Å². The van der Waals surface area contributed by atoms with Crippen LogP contribution in [0, 0.1) is 5.92 Å². The second-order valence-electron chi connectivity index (χ2n) is 5.65. The fraction of sp³-hybridized carbons (Fsp3) is 0.333. The van der Waals surface area contributed by atoms with Gasteiger partial charge in [0.15, 0.2) is 11.5 Å². The fourth-order valence-electron chi connectivity index (χ4n) is 3.08. The summed E-state index contributed by atoms with van der Waals surface area (Å²) in [5.41, 5.74) is -0.299. The Morgan fingerprint density at radius 3 is 2.57 bits per heavy atom. The molecule has 2 atom stereocenters. The summed E-state index contributed by atoms with van der Waals surface area (Å²) in [5, 5.41) is 3.00. The second kappa shape index (κ2) is 4.25. The molecule has 1 saturated heterocycles. The van der Waals surface area contributed by atoms with Crippen LogP contribution in [0.5, 0.6) is 0 Å². The second-order valence-corrected chi connectivity index (χ2v) is 5.65. The van der Waals surface area contributed by atoms with E-state index in [1.807, 2.05) is 0 Å². The lowest BCUT2D eigenvalue weighted by atomic mass is 10.2. The van der Waals surface area contributed by atoms with Crippen LogP contribution in [-0.4, -0.2) is 35.3 Å². The molecule has 1 N–H and O–H groups in total. The van der Waals surface area contributed by atoms with Crippen molar-refractivity contribution in [3.8, 4) is 0 Å². The Morgan fingerprint density at radius 2 is 1.90 bits per heavy atom. The zero-order valence-electron chi connectivity index (χ0n) is 11.2. The summed E-state index contributed by atoms with van der Waals surface area (Å²) in [7, 11) is 0. The Labute approximate surface area is 120 Å². The molecule has 2 aliphatic rings. The lowest BCUT2D eigenvalue weighted by molar-refractivity contribution is 0.0728. The van der Waals surface area contributed by atoms with Gasteiger partial charge in [-0.05, 0) is 30.7 Å². The van der Waals surface area contributed by atoms with Crippen LogP contribution in [0.4, 0.5) is 0 Å². The molecule has 2 amide bonds. The summed E-state index contributed by atoms with van der Waals surface area (Å²) in [6.45, 7) is 1.17. The fourth-order valence-corrected chi connectivity index (χ4v) is 3.08. The molecule has 0 spiro atoms. The molecule has 1 aliphatic heterocycles. The van der Waals surface area contributed by atoms with Crippen molar-refractivity contribution in [2.75, 3.05) is 13.1 Å². The van der Waals surface area contributed by atoms with E-state index in [0.717, 1.165) is 6.42 Å². The molecule has 3 heterocycles. The molecule has 6 nitrogen and oxygen atoms in total. The van der Waals surface area contributed by atoms with E-state index in [-0.39, 0.29) is 17.4 Å². The SMILES string of the molecule is O=C(N[C@]12C[C@H]1CN(C(=O)c1ccco1)C2)c1ccco1. The Bertz CT molecular complexity index is 677. The maximum Gasteiger partial charge on any atom is 0.289 e. The minimum absolute atomic E-state index is 0.126. The van der Waals surface area contributed by atoms with Gasteiger partial charge in [-0.25, -0.2) is 0 Å². The van der Waals surface area contributed by atoms with E-state index in [4.69, 9.17) is 8.83 Å². The topological polar surface area (TPSA) is 75.7 Å². The van der Waals surface area contributed by atoms with E-state index in [9.17, 15) is 9.59 Å². The summed E-state index contributed by atoms with van der Waals surface area (Å²) in [6.07, 6.45) is 3.86. The maximum atomic E-state index is 12.2. The number of hydrogen-bond acceptors (Lipinski definition) is 4. The van der Waals surface area contributed by atoms with Crippen LogP contribution < -0.4 is 5.32 Å². The van der Waals surface area contributed by atoms with E-state index >= 15 is 0 Å². The van der Waals surface area contributed by atoms with Crippen LogP contribution in [0.15, 0.2) is 45.6 Å². The van der Waals surface area contributed by atoms with Gasteiger partial charge in [0.05, 0.1) is 18.1 Å². The summed E-state index contributed by atoms with van der Waals surface area (Å²) in [6, 6.07) is 6.65. The summed E-state index contributed by atoms with van der Waals surface area (Å²) < 4.78 is 10.2. The van der Waals surface area contributed by atoms with Crippen LogP contribution in [0.3, 0.4) is 0 Å². The van der Waals surface area contributed by atoms with Crippen molar-refractivity contribution >= 4 is 11.8 Å². The number of nitrogens with zero attached hydrogens (tertiary/aromatic N) is 1. The predicted molar refractivity (Wildman–Crippen MR) is 71.6 cm³/mol. The van der Waals surface area contributed by atoms with Crippen LogP contribution in [0.25, 0.3) is 0 Å². The molecule has 108 valence electrons. The monoisotopic (exact) mass is 286 g/mol. The third-order valence-corrected chi connectivity index (χ3v) is 4.27. The number of nitrogens with one attached hydrogen (secondary N) is 1. The van der Waals surface area contributed by atoms with Gasteiger partial charge in [-0.1, -0.05) is 0 Å². The largest absolute Gasteiger partial charge is 0.459 e. The highest BCUT2D eigenvalue weighted by Gasteiger charge is 2.62. The number of carbonyl (C=O) groups excluding carboxylic acids is 2. The van der Waals surface area contributed by atoms with E-state index in [0.29, 0.717) is 30.5 Å². The van der Waals surface area contributed by atoms with Gasteiger partial charge in [-0.2, -0.15) is 0 Å². The van der Waals surface area contributed by atoms with Crippen molar-refractivity contribution in [2.45, 2.75) is 12.0 Å². The third-order valence-electron chi connectivity index (χ3n) is 4.27. The average Bonchev–Trinajstić information content (AvgIpc) is 3.04. The molecule has 1 saturated carbocycles. The Hall–Kier alpha value is -2.50. The number of fused-ring (bicyclic) bond motifs is 1. The first kappa shape index (κ1) is 12.3. The van der Waals surface area contributed by atoms with Gasteiger partial charge >= 0.3 is 0 Å². The van der Waals surface area contributed by atoms with Gasteiger partial charge in [-0.15, -0.1) is 0 Å². The van der Waals surface area contributed by atoms with Crippen LogP contribution in [0.2, 0.25) is 0 Å². The molecule has 2 fully saturated rings. The normalized spacial score (nSPS) is 26.5. The van der Waals surface area contributed by atoms with Crippen molar-refractivity contribution in [3.05, 3.63) is 48.3 Å². The molecule has 2 aromatic rings. The number of furan rings is 2. The molecule has 1 aliphatic carbocycles. The summed E-state index contributed by atoms with van der Waals surface area (Å²) in [4.78, 5) is 26.0. The van der Waals surface area contributed by atoms with Crippen molar-refractivity contribution in [3.63, 3.8) is 0 Å². The first-order chi connectivity index (χ1) is 10.2. The molecule has 0 radical (unpaired) electrons. The molecule has 2 aromatic heterocycles. The first-order valence-electron chi connectivity index (χ1n) is 6.87. The van der Waals surface area contributed by atoms with E-state index < -0.39 is 0 Å². The van der Waals surface area contributed by atoms with Gasteiger partial charge < -0.3 is 19.1 Å². The Kier molecular flexibility index (Phi) is 2.48. The predicted octanol–water partition coefficient (Wildman–Crippen LogP) is 1.52. The zero-order valence-corrected chi connectivity index (χ0v) is 11.2. The highest BCUT2D eigenvalue weighted by Crippen LogP contribution is 2.49. The van der Waals surface area contributed by atoms with E-state index in [1.54, 1.807) is 29.2 Å². The van der Waals surface area contributed by atoms with E-state index in [2.05, 4.69) is 5.32 Å². The Morgan fingerprint density at radius 1 is 1.19 bits per heavy atom. The molecule has 6 heteroatoms. The molecule has 0 aromatic carbocycles.